The van der Waals surface area contributed by atoms with E-state index in [0.717, 1.165) is 0 Å². The van der Waals surface area contributed by atoms with E-state index in [-0.39, 0.29) is 12.5 Å². The lowest BCUT2D eigenvalue weighted by Crippen LogP contribution is -2.45. The number of methoxy groups -OCH3 is 1. The average Bonchev–Trinajstić information content (AvgIpc) is 2.45. The minimum absolute atomic E-state index is 0.126. The van der Waals surface area contributed by atoms with Gasteiger partial charge in [0.2, 0.25) is 0 Å². The number of aliphatic hydroxyl groups is 1. The molecule has 0 amide bonds. The largest absolute Gasteiger partial charge is 0.469 e. The second-order valence-corrected chi connectivity index (χ2v) is 5.12. The predicted molar refractivity (Wildman–Crippen MR) is 73.7 cm³/mol. The summed E-state index contributed by atoms with van der Waals surface area (Å²) in [5.74, 6) is -2.74. The van der Waals surface area contributed by atoms with Crippen molar-refractivity contribution >= 4 is 11.9 Å². The standard InChI is InChI=1S/C15H24O5/c1-5-11(16)10-8-7-9(3)12(15(18)20-6-2)13(10)14(17)19-4/h7-13,16H,5-6H2,1-4H3/t9-,10-,11-,12-,13-/m0/s1. The smallest absolute Gasteiger partial charge is 0.310 e. The van der Waals surface area contributed by atoms with Gasteiger partial charge in [0.05, 0.1) is 31.7 Å². The van der Waals surface area contributed by atoms with Crippen LogP contribution in [0.1, 0.15) is 27.2 Å². The maximum atomic E-state index is 12.2. The van der Waals surface area contributed by atoms with Gasteiger partial charge in [-0.05, 0) is 19.3 Å². The molecule has 0 saturated heterocycles. The average molecular weight is 284 g/mol. The number of rotatable bonds is 5. The molecule has 0 aromatic rings. The van der Waals surface area contributed by atoms with E-state index in [9.17, 15) is 14.7 Å². The number of carbonyl (C=O) groups excluding carboxylic acids is 2. The summed E-state index contributed by atoms with van der Waals surface area (Å²) in [6.07, 6.45) is 3.51. The summed E-state index contributed by atoms with van der Waals surface area (Å²) < 4.78 is 9.91. The van der Waals surface area contributed by atoms with E-state index in [1.807, 2.05) is 26.0 Å². The first kappa shape index (κ1) is 16.7. The van der Waals surface area contributed by atoms with Crippen LogP contribution in [-0.2, 0) is 19.1 Å². The summed E-state index contributed by atoms with van der Waals surface area (Å²) in [5.41, 5.74) is 0. The number of esters is 2. The van der Waals surface area contributed by atoms with Gasteiger partial charge in [-0.3, -0.25) is 9.59 Å². The van der Waals surface area contributed by atoms with E-state index in [1.165, 1.54) is 7.11 Å². The quantitative estimate of drug-likeness (QED) is 0.612. The first-order valence-electron chi connectivity index (χ1n) is 7.08. The number of hydrogen-bond acceptors (Lipinski definition) is 5. The van der Waals surface area contributed by atoms with Crippen LogP contribution in [0.15, 0.2) is 12.2 Å². The maximum absolute atomic E-state index is 12.2. The molecule has 1 aliphatic carbocycles. The third-order valence-corrected chi connectivity index (χ3v) is 3.90. The zero-order valence-corrected chi connectivity index (χ0v) is 12.5. The lowest BCUT2D eigenvalue weighted by atomic mass is 9.69. The Morgan fingerprint density at radius 2 is 1.85 bits per heavy atom. The lowest BCUT2D eigenvalue weighted by Gasteiger charge is -2.37. The fourth-order valence-corrected chi connectivity index (χ4v) is 2.79. The van der Waals surface area contributed by atoms with Gasteiger partial charge in [-0.25, -0.2) is 0 Å². The van der Waals surface area contributed by atoms with Crippen LogP contribution in [0.2, 0.25) is 0 Å². The van der Waals surface area contributed by atoms with Crippen molar-refractivity contribution in [3.8, 4) is 0 Å². The Hall–Kier alpha value is -1.36. The Morgan fingerprint density at radius 3 is 2.35 bits per heavy atom. The fourth-order valence-electron chi connectivity index (χ4n) is 2.79. The van der Waals surface area contributed by atoms with E-state index in [2.05, 4.69) is 0 Å². The molecular weight excluding hydrogens is 260 g/mol. The normalized spacial score (nSPS) is 30.6. The van der Waals surface area contributed by atoms with Gasteiger partial charge in [-0.15, -0.1) is 0 Å². The van der Waals surface area contributed by atoms with E-state index in [0.29, 0.717) is 6.42 Å². The van der Waals surface area contributed by atoms with Gasteiger partial charge in [-0.2, -0.15) is 0 Å². The summed E-state index contributed by atoms with van der Waals surface area (Å²) >= 11 is 0. The monoisotopic (exact) mass is 284 g/mol. The molecular formula is C15H24O5. The van der Waals surface area contributed by atoms with Crippen LogP contribution in [0, 0.1) is 23.7 Å². The SMILES string of the molecule is CCOC(=O)[C@@H]1[C@@H](C(=O)OC)[C@H]([C@@H](O)CC)C=C[C@@H]1C. The Labute approximate surface area is 119 Å². The van der Waals surface area contributed by atoms with Crippen LogP contribution >= 0.6 is 0 Å². The van der Waals surface area contributed by atoms with E-state index >= 15 is 0 Å². The van der Waals surface area contributed by atoms with Gasteiger partial charge in [0, 0.05) is 5.92 Å². The Bertz CT molecular complexity index is 376. The third-order valence-electron chi connectivity index (χ3n) is 3.90. The number of aliphatic hydroxyl groups excluding tert-OH is 1. The molecule has 5 atom stereocenters. The molecule has 5 nitrogen and oxygen atoms in total. The van der Waals surface area contributed by atoms with Gasteiger partial charge < -0.3 is 14.6 Å². The summed E-state index contributed by atoms with van der Waals surface area (Å²) in [5, 5.41) is 10.1. The third kappa shape index (κ3) is 3.39. The van der Waals surface area contributed by atoms with Gasteiger partial charge in [0.15, 0.2) is 0 Å². The van der Waals surface area contributed by atoms with Gasteiger partial charge in [-0.1, -0.05) is 26.0 Å². The fraction of sp³-hybridized carbons (Fsp3) is 0.733. The summed E-state index contributed by atoms with van der Waals surface area (Å²) in [6.45, 7) is 5.69. The highest BCUT2D eigenvalue weighted by atomic mass is 16.5. The van der Waals surface area contributed by atoms with Crippen molar-refractivity contribution < 1.29 is 24.2 Å². The van der Waals surface area contributed by atoms with E-state index in [1.54, 1.807) is 6.92 Å². The number of carbonyl (C=O) groups is 2. The minimum Gasteiger partial charge on any atom is -0.469 e. The predicted octanol–water partition coefficient (Wildman–Crippen LogP) is 1.55. The van der Waals surface area contributed by atoms with Crippen molar-refractivity contribution in [3.05, 3.63) is 12.2 Å². The first-order chi connectivity index (χ1) is 9.47. The second-order valence-electron chi connectivity index (χ2n) is 5.12. The van der Waals surface area contributed by atoms with Crippen molar-refractivity contribution in [1.29, 1.82) is 0 Å². The van der Waals surface area contributed by atoms with Crippen LogP contribution in [-0.4, -0.2) is 36.9 Å². The van der Waals surface area contributed by atoms with Crippen molar-refractivity contribution in [2.75, 3.05) is 13.7 Å². The Balaban J connectivity index is 3.13. The molecule has 0 aromatic heterocycles. The van der Waals surface area contributed by atoms with Crippen molar-refractivity contribution in [2.45, 2.75) is 33.3 Å². The summed E-state index contributed by atoms with van der Waals surface area (Å²) in [6, 6.07) is 0. The maximum Gasteiger partial charge on any atom is 0.310 e. The van der Waals surface area contributed by atoms with Crippen LogP contribution in [0.25, 0.3) is 0 Å². The summed E-state index contributed by atoms with van der Waals surface area (Å²) in [4.78, 5) is 24.2. The second kappa shape index (κ2) is 7.43. The molecule has 0 bridgehead atoms. The summed E-state index contributed by atoms with van der Waals surface area (Å²) in [7, 11) is 1.29. The molecule has 1 N–H and O–H groups in total. The van der Waals surface area contributed by atoms with Crippen molar-refractivity contribution in [3.63, 3.8) is 0 Å². The lowest BCUT2D eigenvalue weighted by molar-refractivity contribution is -0.164. The molecule has 0 unspecified atom stereocenters. The van der Waals surface area contributed by atoms with Crippen molar-refractivity contribution in [2.24, 2.45) is 23.7 Å². The molecule has 20 heavy (non-hydrogen) atoms. The molecule has 0 saturated carbocycles. The number of hydrogen-bond donors (Lipinski definition) is 1. The van der Waals surface area contributed by atoms with Gasteiger partial charge in [0.25, 0.3) is 0 Å². The van der Waals surface area contributed by atoms with Gasteiger partial charge in [0.1, 0.15) is 0 Å². The van der Waals surface area contributed by atoms with Crippen molar-refractivity contribution in [1.82, 2.24) is 0 Å². The van der Waals surface area contributed by atoms with Crippen LogP contribution < -0.4 is 0 Å². The molecule has 5 heteroatoms. The number of ether oxygens (including phenoxy) is 2. The van der Waals surface area contributed by atoms with E-state index < -0.39 is 35.8 Å². The molecule has 0 spiro atoms. The molecule has 114 valence electrons. The van der Waals surface area contributed by atoms with Crippen LogP contribution in [0.3, 0.4) is 0 Å². The van der Waals surface area contributed by atoms with E-state index in [4.69, 9.17) is 9.47 Å². The van der Waals surface area contributed by atoms with Gasteiger partial charge >= 0.3 is 11.9 Å². The Morgan fingerprint density at radius 1 is 1.20 bits per heavy atom. The molecule has 1 rings (SSSR count). The highest BCUT2D eigenvalue weighted by molar-refractivity contribution is 5.83. The topological polar surface area (TPSA) is 72.8 Å². The highest BCUT2D eigenvalue weighted by Crippen LogP contribution is 2.38. The highest BCUT2D eigenvalue weighted by Gasteiger charge is 2.46. The molecule has 0 aliphatic heterocycles. The molecule has 0 fully saturated rings. The van der Waals surface area contributed by atoms with Crippen LogP contribution in [0.5, 0.6) is 0 Å². The Kier molecular flexibility index (Phi) is 6.20. The molecule has 0 aromatic carbocycles. The molecule has 0 heterocycles. The first-order valence-corrected chi connectivity index (χ1v) is 7.08. The number of allylic oxidation sites excluding steroid dienone is 1. The zero-order valence-electron chi connectivity index (χ0n) is 12.5. The minimum atomic E-state index is -0.700. The zero-order chi connectivity index (χ0) is 15.3. The molecule has 0 radical (unpaired) electrons. The molecule has 1 aliphatic rings. The van der Waals surface area contributed by atoms with Crippen LogP contribution in [0.4, 0.5) is 0 Å².